The Morgan fingerprint density at radius 2 is 1.96 bits per heavy atom. The molecule has 1 fully saturated rings. The zero-order valence-electron chi connectivity index (χ0n) is 13.9. The molecule has 1 heterocycles. The molecule has 2 aromatic carbocycles. The van der Waals surface area contributed by atoms with Gasteiger partial charge in [0.15, 0.2) is 0 Å². The van der Waals surface area contributed by atoms with E-state index in [4.69, 9.17) is 9.47 Å². The van der Waals surface area contributed by atoms with Crippen LogP contribution in [0.5, 0.6) is 5.75 Å². The van der Waals surface area contributed by atoms with Gasteiger partial charge in [-0.3, -0.25) is 4.79 Å². The Balaban J connectivity index is 1.52. The van der Waals surface area contributed by atoms with Gasteiger partial charge in [0.05, 0.1) is 12.1 Å². The number of carbonyl (C=O) groups excluding carboxylic acids is 1. The first kappa shape index (κ1) is 16.5. The highest BCUT2D eigenvalue weighted by Crippen LogP contribution is 2.17. The van der Waals surface area contributed by atoms with Gasteiger partial charge in [-0.1, -0.05) is 30.3 Å². The summed E-state index contributed by atoms with van der Waals surface area (Å²) in [5.74, 6) is 0.676. The van der Waals surface area contributed by atoms with Crippen molar-refractivity contribution in [2.45, 2.75) is 38.5 Å². The summed E-state index contributed by atoms with van der Waals surface area (Å²) in [6, 6.07) is 17.3. The van der Waals surface area contributed by atoms with E-state index in [1.165, 1.54) is 0 Å². The third-order valence-electron chi connectivity index (χ3n) is 4.25. The minimum atomic E-state index is -0.0763. The van der Waals surface area contributed by atoms with Gasteiger partial charge in [0, 0.05) is 12.2 Å². The topological polar surface area (TPSA) is 47.6 Å². The Kier molecular flexibility index (Phi) is 5.49. The molecule has 2 atom stereocenters. The van der Waals surface area contributed by atoms with E-state index in [0.717, 1.165) is 30.8 Å². The van der Waals surface area contributed by atoms with E-state index in [2.05, 4.69) is 5.32 Å². The Morgan fingerprint density at radius 3 is 2.62 bits per heavy atom. The number of amides is 1. The Morgan fingerprint density at radius 1 is 1.21 bits per heavy atom. The summed E-state index contributed by atoms with van der Waals surface area (Å²) >= 11 is 0. The molecule has 2 unspecified atom stereocenters. The van der Waals surface area contributed by atoms with Gasteiger partial charge in [0.2, 0.25) is 0 Å². The van der Waals surface area contributed by atoms with Crippen molar-refractivity contribution in [3.8, 4) is 5.75 Å². The van der Waals surface area contributed by atoms with Crippen molar-refractivity contribution >= 4 is 5.91 Å². The van der Waals surface area contributed by atoms with Gasteiger partial charge in [-0.15, -0.1) is 0 Å². The lowest BCUT2D eigenvalue weighted by Crippen LogP contribution is -2.40. The van der Waals surface area contributed by atoms with Gasteiger partial charge < -0.3 is 14.8 Å². The van der Waals surface area contributed by atoms with Crippen LogP contribution in [0.2, 0.25) is 0 Å². The second-order valence-corrected chi connectivity index (χ2v) is 6.11. The maximum absolute atomic E-state index is 12.3. The molecule has 2 aromatic rings. The fourth-order valence-corrected chi connectivity index (χ4v) is 2.82. The average molecular weight is 325 g/mol. The molecule has 3 rings (SSSR count). The first-order chi connectivity index (χ1) is 11.7. The van der Waals surface area contributed by atoms with Gasteiger partial charge >= 0.3 is 0 Å². The van der Waals surface area contributed by atoms with Crippen molar-refractivity contribution in [2.75, 3.05) is 6.61 Å². The van der Waals surface area contributed by atoms with Crippen LogP contribution < -0.4 is 10.1 Å². The molecule has 126 valence electrons. The largest absolute Gasteiger partial charge is 0.489 e. The second kappa shape index (κ2) is 7.97. The maximum Gasteiger partial charge on any atom is 0.251 e. The summed E-state index contributed by atoms with van der Waals surface area (Å²) in [4.78, 5) is 12.3. The Labute approximate surface area is 142 Å². The molecular formula is C20H23NO3. The van der Waals surface area contributed by atoms with E-state index in [9.17, 15) is 4.79 Å². The molecule has 4 heteroatoms. The Bertz CT molecular complexity index is 648. The smallest absolute Gasteiger partial charge is 0.251 e. The molecule has 0 aromatic heterocycles. The molecule has 1 aliphatic rings. The molecule has 1 saturated heterocycles. The van der Waals surface area contributed by atoms with Crippen molar-refractivity contribution in [3.05, 3.63) is 65.7 Å². The highest BCUT2D eigenvalue weighted by molar-refractivity contribution is 5.94. The van der Waals surface area contributed by atoms with Crippen molar-refractivity contribution < 1.29 is 14.3 Å². The third-order valence-corrected chi connectivity index (χ3v) is 4.25. The van der Waals surface area contributed by atoms with Crippen LogP contribution in [0, 0.1) is 0 Å². The van der Waals surface area contributed by atoms with E-state index in [-0.39, 0.29) is 18.1 Å². The van der Waals surface area contributed by atoms with Crippen LogP contribution in [0.15, 0.2) is 54.6 Å². The van der Waals surface area contributed by atoms with E-state index in [0.29, 0.717) is 12.2 Å². The molecule has 0 radical (unpaired) electrons. The van der Waals surface area contributed by atoms with Crippen molar-refractivity contribution in [2.24, 2.45) is 0 Å². The predicted octanol–water partition coefficient (Wildman–Crippen LogP) is 3.56. The fourth-order valence-electron chi connectivity index (χ4n) is 2.82. The Hall–Kier alpha value is -2.33. The van der Waals surface area contributed by atoms with Crippen LogP contribution in [-0.2, 0) is 11.3 Å². The van der Waals surface area contributed by atoms with Crippen LogP contribution >= 0.6 is 0 Å². The highest BCUT2D eigenvalue weighted by Gasteiger charge is 2.23. The first-order valence-electron chi connectivity index (χ1n) is 8.41. The van der Waals surface area contributed by atoms with Gasteiger partial charge in [-0.2, -0.15) is 0 Å². The molecule has 0 saturated carbocycles. The van der Waals surface area contributed by atoms with Crippen LogP contribution in [-0.4, -0.2) is 24.7 Å². The summed E-state index contributed by atoms with van der Waals surface area (Å²) < 4.78 is 11.3. The van der Waals surface area contributed by atoms with Gasteiger partial charge in [0.25, 0.3) is 5.91 Å². The summed E-state index contributed by atoms with van der Waals surface area (Å²) in [5, 5.41) is 3.01. The van der Waals surface area contributed by atoms with E-state index in [1.54, 1.807) is 12.1 Å². The quantitative estimate of drug-likeness (QED) is 0.883. The van der Waals surface area contributed by atoms with Crippen molar-refractivity contribution in [1.82, 2.24) is 5.32 Å². The molecule has 0 spiro atoms. The number of benzene rings is 2. The third kappa shape index (κ3) is 4.36. The zero-order chi connectivity index (χ0) is 16.8. The van der Waals surface area contributed by atoms with Crippen LogP contribution in [0.4, 0.5) is 0 Å². The standard InChI is InChI=1S/C20H23NO3/c1-15(19-8-5-13-23-19)21-20(22)17-9-11-18(12-10-17)24-14-16-6-3-2-4-7-16/h2-4,6-7,9-12,15,19H,5,8,13-14H2,1H3,(H,21,22). The van der Waals surface area contributed by atoms with Crippen molar-refractivity contribution in [1.29, 1.82) is 0 Å². The van der Waals surface area contributed by atoms with Crippen LogP contribution in [0.1, 0.15) is 35.7 Å². The second-order valence-electron chi connectivity index (χ2n) is 6.11. The molecule has 4 nitrogen and oxygen atoms in total. The summed E-state index contributed by atoms with van der Waals surface area (Å²) in [7, 11) is 0. The number of hydrogen-bond acceptors (Lipinski definition) is 3. The molecule has 1 N–H and O–H groups in total. The number of rotatable bonds is 6. The fraction of sp³-hybridized carbons (Fsp3) is 0.350. The van der Waals surface area contributed by atoms with Gasteiger partial charge in [-0.25, -0.2) is 0 Å². The highest BCUT2D eigenvalue weighted by atomic mass is 16.5. The maximum atomic E-state index is 12.3. The minimum Gasteiger partial charge on any atom is -0.489 e. The van der Waals surface area contributed by atoms with Gasteiger partial charge in [-0.05, 0) is 49.6 Å². The predicted molar refractivity (Wildman–Crippen MR) is 93.1 cm³/mol. The van der Waals surface area contributed by atoms with Gasteiger partial charge in [0.1, 0.15) is 12.4 Å². The SMILES string of the molecule is CC(NC(=O)c1ccc(OCc2ccccc2)cc1)C1CCCO1. The number of carbonyl (C=O) groups is 1. The number of nitrogens with one attached hydrogen (secondary N) is 1. The monoisotopic (exact) mass is 325 g/mol. The first-order valence-corrected chi connectivity index (χ1v) is 8.41. The molecular weight excluding hydrogens is 302 g/mol. The van der Waals surface area contributed by atoms with Crippen LogP contribution in [0.25, 0.3) is 0 Å². The lowest BCUT2D eigenvalue weighted by Gasteiger charge is -2.20. The normalized spacial score (nSPS) is 18.1. The molecule has 1 amide bonds. The molecule has 0 aliphatic carbocycles. The van der Waals surface area contributed by atoms with Crippen molar-refractivity contribution in [3.63, 3.8) is 0 Å². The van der Waals surface area contributed by atoms with E-state index in [1.807, 2.05) is 49.4 Å². The zero-order valence-corrected chi connectivity index (χ0v) is 13.9. The molecule has 0 bridgehead atoms. The summed E-state index contributed by atoms with van der Waals surface area (Å²) in [5.41, 5.74) is 1.75. The summed E-state index contributed by atoms with van der Waals surface area (Å²) in [6.07, 6.45) is 2.20. The summed E-state index contributed by atoms with van der Waals surface area (Å²) in [6.45, 7) is 3.30. The minimum absolute atomic E-state index is 0.0222. The number of ether oxygens (including phenoxy) is 2. The lowest BCUT2D eigenvalue weighted by molar-refractivity contribution is 0.0712. The number of hydrogen-bond donors (Lipinski definition) is 1. The van der Waals surface area contributed by atoms with Crippen LogP contribution in [0.3, 0.4) is 0 Å². The van der Waals surface area contributed by atoms with E-state index >= 15 is 0 Å². The lowest BCUT2D eigenvalue weighted by atomic mass is 10.1. The molecule has 1 aliphatic heterocycles. The van der Waals surface area contributed by atoms with E-state index < -0.39 is 0 Å². The molecule has 24 heavy (non-hydrogen) atoms. The average Bonchev–Trinajstić information content (AvgIpc) is 3.16.